The van der Waals surface area contributed by atoms with E-state index in [1.165, 1.54) is 0 Å². The van der Waals surface area contributed by atoms with Gasteiger partial charge in [0.1, 0.15) is 17.6 Å². The van der Waals surface area contributed by atoms with Crippen molar-refractivity contribution in [1.29, 1.82) is 0 Å². The quantitative estimate of drug-likeness (QED) is 0.738. The molecule has 3 aromatic rings. The lowest BCUT2D eigenvalue weighted by Crippen LogP contribution is -1.97. The Balaban J connectivity index is 1.97. The topological polar surface area (TPSA) is 49.2 Å². The molecule has 3 nitrogen and oxygen atoms in total. The molecule has 1 aromatic carbocycles. The van der Waals surface area contributed by atoms with Crippen LogP contribution in [0.5, 0.6) is 0 Å². The molecular weight excluding hydrogens is 226 g/mol. The summed E-state index contributed by atoms with van der Waals surface area (Å²) >= 11 is 0. The van der Waals surface area contributed by atoms with E-state index in [0.717, 1.165) is 28.6 Å². The van der Waals surface area contributed by atoms with Gasteiger partial charge in [-0.15, -0.1) is 0 Å². The zero-order chi connectivity index (χ0) is 12.5. The number of aliphatic hydroxyl groups is 1. The summed E-state index contributed by atoms with van der Waals surface area (Å²) < 4.78 is 5.58. The molecule has 0 bridgehead atoms. The van der Waals surface area contributed by atoms with Crippen molar-refractivity contribution in [2.24, 2.45) is 0 Å². The van der Waals surface area contributed by atoms with Crippen LogP contribution in [0.2, 0.25) is 0 Å². The Labute approximate surface area is 105 Å². The minimum absolute atomic E-state index is 0.599. The average molecular weight is 241 g/mol. The Morgan fingerprint density at radius 3 is 2.89 bits per heavy atom. The normalized spacial score (nSPS) is 13.0. The van der Waals surface area contributed by atoms with E-state index in [0.29, 0.717) is 5.76 Å². The Hall–Kier alpha value is -2.00. The van der Waals surface area contributed by atoms with Crippen molar-refractivity contribution in [3.05, 3.63) is 59.7 Å². The number of fused-ring (bicyclic) bond motifs is 1. The highest BCUT2D eigenvalue weighted by Crippen LogP contribution is 2.26. The smallest absolute Gasteiger partial charge is 0.137 e. The van der Waals surface area contributed by atoms with Gasteiger partial charge in [0.05, 0.1) is 0 Å². The van der Waals surface area contributed by atoms with Crippen LogP contribution in [0.4, 0.5) is 0 Å². The fraction of sp³-hybridized carbons (Fsp3) is 0.200. The van der Waals surface area contributed by atoms with Gasteiger partial charge in [0.15, 0.2) is 0 Å². The summed E-state index contributed by atoms with van der Waals surface area (Å²) in [4.78, 5) is 3.13. The van der Waals surface area contributed by atoms with Gasteiger partial charge in [-0.3, -0.25) is 0 Å². The number of hydrogen-bond acceptors (Lipinski definition) is 2. The highest BCUT2D eigenvalue weighted by Gasteiger charge is 2.14. The van der Waals surface area contributed by atoms with Gasteiger partial charge in [0, 0.05) is 18.1 Å². The maximum Gasteiger partial charge on any atom is 0.137 e. The Kier molecular flexibility index (Phi) is 2.68. The number of aliphatic hydroxyl groups excluding tert-OH is 1. The lowest BCUT2D eigenvalue weighted by molar-refractivity contribution is 0.187. The van der Waals surface area contributed by atoms with Gasteiger partial charge >= 0.3 is 0 Å². The van der Waals surface area contributed by atoms with Crippen LogP contribution >= 0.6 is 0 Å². The molecule has 2 aromatic heterocycles. The van der Waals surface area contributed by atoms with Crippen molar-refractivity contribution in [2.45, 2.75) is 19.4 Å². The average Bonchev–Trinajstić information content (AvgIpc) is 3.05. The first-order valence-electron chi connectivity index (χ1n) is 6.11. The van der Waals surface area contributed by atoms with Crippen molar-refractivity contribution >= 4 is 10.9 Å². The largest absolute Gasteiger partial charge is 0.463 e. The van der Waals surface area contributed by atoms with Crippen LogP contribution < -0.4 is 0 Å². The summed E-state index contributed by atoms with van der Waals surface area (Å²) in [5, 5.41) is 11.4. The van der Waals surface area contributed by atoms with E-state index >= 15 is 0 Å². The minimum atomic E-state index is -0.704. The van der Waals surface area contributed by atoms with Crippen LogP contribution in [0.3, 0.4) is 0 Å². The van der Waals surface area contributed by atoms with Gasteiger partial charge < -0.3 is 14.5 Å². The number of hydrogen-bond donors (Lipinski definition) is 2. The number of aryl methyl sites for hydroxylation is 1. The molecule has 18 heavy (non-hydrogen) atoms. The Morgan fingerprint density at radius 2 is 2.11 bits per heavy atom. The van der Waals surface area contributed by atoms with E-state index in [2.05, 4.69) is 4.98 Å². The first-order chi connectivity index (χ1) is 8.78. The number of aromatic nitrogens is 1. The van der Waals surface area contributed by atoms with Crippen LogP contribution in [0.1, 0.15) is 30.1 Å². The standard InChI is InChI=1S/C15H15NO2/c1-2-12-4-6-14(18-12)15(17)11-3-5-13-10(9-11)7-8-16-13/h3-9,15-17H,2H2,1H3. The molecule has 2 N–H and O–H groups in total. The zero-order valence-electron chi connectivity index (χ0n) is 10.2. The van der Waals surface area contributed by atoms with Gasteiger partial charge in [-0.1, -0.05) is 13.0 Å². The van der Waals surface area contributed by atoms with Crippen molar-refractivity contribution in [3.8, 4) is 0 Å². The number of nitrogens with one attached hydrogen (secondary N) is 1. The Morgan fingerprint density at radius 1 is 1.22 bits per heavy atom. The van der Waals surface area contributed by atoms with Gasteiger partial charge in [0.2, 0.25) is 0 Å². The van der Waals surface area contributed by atoms with E-state index in [4.69, 9.17) is 4.42 Å². The molecule has 0 amide bonds. The first kappa shape index (κ1) is 11.1. The molecule has 0 radical (unpaired) electrons. The molecule has 0 aliphatic heterocycles. The summed E-state index contributed by atoms with van der Waals surface area (Å²) in [5.74, 6) is 1.49. The zero-order valence-corrected chi connectivity index (χ0v) is 10.2. The minimum Gasteiger partial charge on any atom is -0.463 e. The number of rotatable bonds is 3. The molecule has 0 saturated heterocycles. The summed E-state index contributed by atoms with van der Waals surface area (Å²) in [7, 11) is 0. The third kappa shape index (κ3) is 1.83. The molecule has 0 spiro atoms. The van der Waals surface area contributed by atoms with Crippen LogP contribution in [0.25, 0.3) is 10.9 Å². The van der Waals surface area contributed by atoms with Gasteiger partial charge in [-0.25, -0.2) is 0 Å². The second-order valence-electron chi connectivity index (χ2n) is 4.38. The summed E-state index contributed by atoms with van der Waals surface area (Å²) in [6.45, 7) is 2.03. The molecule has 1 atom stereocenters. The SMILES string of the molecule is CCc1ccc(C(O)c2ccc3[nH]ccc3c2)o1. The van der Waals surface area contributed by atoms with Gasteiger partial charge in [-0.2, -0.15) is 0 Å². The monoisotopic (exact) mass is 241 g/mol. The second-order valence-corrected chi connectivity index (χ2v) is 4.38. The van der Waals surface area contributed by atoms with Gasteiger partial charge in [-0.05, 0) is 41.3 Å². The molecule has 0 saturated carbocycles. The van der Waals surface area contributed by atoms with E-state index < -0.39 is 6.10 Å². The fourth-order valence-corrected chi connectivity index (χ4v) is 2.14. The van der Waals surface area contributed by atoms with E-state index in [-0.39, 0.29) is 0 Å². The summed E-state index contributed by atoms with van der Waals surface area (Å²) in [6, 6.07) is 11.6. The van der Waals surface area contributed by atoms with Crippen molar-refractivity contribution in [3.63, 3.8) is 0 Å². The predicted molar refractivity (Wildman–Crippen MR) is 70.4 cm³/mol. The molecule has 2 heterocycles. The third-order valence-electron chi connectivity index (χ3n) is 3.19. The maximum absolute atomic E-state index is 10.3. The van der Waals surface area contributed by atoms with Crippen LogP contribution in [0.15, 0.2) is 47.0 Å². The van der Waals surface area contributed by atoms with Crippen molar-refractivity contribution < 1.29 is 9.52 Å². The first-order valence-corrected chi connectivity index (χ1v) is 6.11. The molecule has 3 rings (SSSR count). The lowest BCUT2D eigenvalue weighted by Gasteiger charge is -2.08. The maximum atomic E-state index is 10.3. The number of furan rings is 1. The van der Waals surface area contributed by atoms with Crippen LogP contribution in [0, 0.1) is 0 Å². The van der Waals surface area contributed by atoms with Gasteiger partial charge in [0.25, 0.3) is 0 Å². The number of benzene rings is 1. The molecule has 1 unspecified atom stereocenters. The highest BCUT2D eigenvalue weighted by atomic mass is 16.4. The molecule has 3 heteroatoms. The molecule has 92 valence electrons. The van der Waals surface area contributed by atoms with Crippen LogP contribution in [-0.4, -0.2) is 10.1 Å². The van der Waals surface area contributed by atoms with E-state index in [1.54, 1.807) is 0 Å². The van der Waals surface area contributed by atoms with E-state index in [1.807, 2.05) is 49.5 Å². The molecule has 0 aliphatic rings. The van der Waals surface area contributed by atoms with Crippen molar-refractivity contribution in [2.75, 3.05) is 0 Å². The third-order valence-corrected chi connectivity index (χ3v) is 3.19. The summed E-state index contributed by atoms with van der Waals surface area (Å²) in [6.07, 6.45) is 2.02. The lowest BCUT2D eigenvalue weighted by atomic mass is 10.1. The summed E-state index contributed by atoms with van der Waals surface area (Å²) in [5.41, 5.74) is 1.92. The highest BCUT2D eigenvalue weighted by molar-refractivity contribution is 5.80. The molecule has 0 aliphatic carbocycles. The number of H-pyrrole nitrogens is 1. The van der Waals surface area contributed by atoms with Crippen molar-refractivity contribution in [1.82, 2.24) is 4.98 Å². The number of aromatic amines is 1. The molecular formula is C15H15NO2. The predicted octanol–water partition coefficient (Wildman–Crippen LogP) is 3.41. The fourth-order valence-electron chi connectivity index (χ4n) is 2.14. The molecule has 0 fully saturated rings. The van der Waals surface area contributed by atoms with E-state index in [9.17, 15) is 5.11 Å². The van der Waals surface area contributed by atoms with Crippen LogP contribution in [-0.2, 0) is 6.42 Å². The second kappa shape index (κ2) is 4.35. The Bertz CT molecular complexity index is 666.